The fourth-order valence-corrected chi connectivity index (χ4v) is 3.52. The predicted octanol–water partition coefficient (Wildman–Crippen LogP) is 6.36. The average molecular weight is 535 g/mol. The van der Waals surface area contributed by atoms with Gasteiger partial charge in [-0.3, -0.25) is 9.78 Å². The molecule has 0 saturated heterocycles. The minimum atomic E-state index is -5.12. The molecule has 11 heteroatoms. The van der Waals surface area contributed by atoms with Crippen molar-refractivity contribution < 1.29 is 24.8 Å². The van der Waals surface area contributed by atoms with Gasteiger partial charge in [0.1, 0.15) is 0 Å². The van der Waals surface area contributed by atoms with Gasteiger partial charge >= 0.3 is 6.18 Å². The largest absolute Gasteiger partial charge is 0.416 e. The highest BCUT2D eigenvalue weighted by molar-refractivity contribution is 6.05. The van der Waals surface area contributed by atoms with Gasteiger partial charge in [0.05, 0.1) is 30.1 Å². The molecule has 2 N–H and O–H groups in total. The van der Waals surface area contributed by atoms with Crippen molar-refractivity contribution in [2.24, 2.45) is 0 Å². The Kier molecular flexibility index (Phi) is 5.31. The highest BCUT2D eigenvalue weighted by atomic mass is 19.4. The number of pyridine rings is 1. The number of rotatable bonds is 6. The topological polar surface area (TPSA) is 97.6 Å². The van der Waals surface area contributed by atoms with E-state index in [0.29, 0.717) is 22.5 Å². The summed E-state index contributed by atoms with van der Waals surface area (Å²) >= 11 is 0. The van der Waals surface area contributed by atoms with Gasteiger partial charge in [-0.15, -0.1) is 0 Å². The summed E-state index contributed by atoms with van der Waals surface area (Å²) in [5.74, 6) is -0.971. The van der Waals surface area contributed by atoms with Crippen molar-refractivity contribution in [1.29, 1.82) is 0 Å². The van der Waals surface area contributed by atoms with Gasteiger partial charge in [-0.05, 0) is 67.8 Å². The smallest absolute Gasteiger partial charge is 0.324 e. The fraction of sp³-hybridized carbons (Fsp3) is 0.107. The summed E-state index contributed by atoms with van der Waals surface area (Å²) < 4.78 is 84.2. The van der Waals surface area contributed by atoms with Crippen LogP contribution < -0.4 is 10.6 Å². The van der Waals surface area contributed by atoms with Crippen LogP contribution in [0, 0.1) is 13.8 Å². The van der Waals surface area contributed by atoms with Crippen molar-refractivity contribution in [3.8, 4) is 16.9 Å². The van der Waals surface area contributed by atoms with Crippen LogP contribution in [0.2, 0.25) is 0 Å². The first-order valence-corrected chi connectivity index (χ1v) is 11.4. The van der Waals surface area contributed by atoms with Crippen molar-refractivity contribution in [1.82, 2.24) is 24.5 Å². The second-order valence-corrected chi connectivity index (χ2v) is 8.38. The summed E-state index contributed by atoms with van der Waals surface area (Å²) in [6, 6.07) is 4.45. The summed E-state index contributed by atoms with van der Waals surface area (Å²) in [4.78, 5) is 29.6. The molecule has 0 aliphatic rings. The van der Waals surface area contributed by atoms with Crippen molar-refractivity contribution in [2.75, 3.05) is 10.6 Å². The molecule has 5 rings (SSSR count). The SMILES string of the molecule is [2H]c1nc(Nc2cc(C(=O)Nc3c([2H])c(-n4cnc(C)c4)c([2H])c(C(F)(F)F)c3[2H])ccc2C)nc(-c2cccnc2)c1[2H]. The van der Waals surface area contributed by atoms with Crippen molar-refractivity contribution in [2.45, 2.75) is 20.0 Å². The fourth-order valence-electron chi connectivity index (χ4n) is 3.52. The normalized spacial score (nSPS) is 13.1. The predicted molar refractivity (Wildman–Crippen MR) is 141 cm³/mol. The molecule has 1 amide bonds. The van der Waals surface area contributed by atoms with E-state index in [2.05, 4.69) is 30.6 Å². The number of nitrogens with zero attached hydrogens (tertiary/aromatic N) is 5. The number of carbonyl (C=O) groups is 1. The lowest BCUT2D eigenvalue weighted by atomic mass is 10.1. The Bertz CT molecular complexity index is 1920. The number of nitrogens with one attached hydrogen (secondary N) is 2. The zero-order chi connectivity index (χ0) is 31.9. The summed E-state index contributed by atoms with van der Waals surface area (Å²) in [5, 5.41) is 5.18. The zero-order valence-electron chi connectivity index (χ0n) is 25.5. The van der Waals surface area contributed by atoms with Crippen LogP contribution in [0.1, 0.15) is 34.0 Å². The average Bonchev–Trinajstić information content (AvgIpc) is 3.39. The molecule has 0 radical (unpaired) electrons. The Morgan fingerprint density at radius 1 is 1.10 bits per heavy atom. The number of alkyl halides is 3. The first-order chi connectivity index (χ1) is 20.8. The number of halogens is 3. The van der Waals surface area contributed by atoms with Gasteiger partial charge in [0.2, 0.25) is 5.95 Å². The summed E-state index contributed by atoms with van der Waals surface area (Å²) in [6.45, 7) is 3.29. The zero-order valence-corrected chi connectivity index (χ0v) is 20.5. The minimum Gasteiger partial charge on any atom is -0.324 e. The third kappa shape index (κ3) is 5.93. The highest BCUT2D eigenvalue weighted by Crippen LogP contribution is 2.33. The molecular weight excluding hydrogens is 507 g/mol. The Morgan fingerprint density at radius 2 is 1.95 bits per heavy atom. The molecule has 0 bridgehead atoms. The summed E-state index contributed by atoms with van der Waals surface area (Å²) in [7, 11) is 0. The molecule has 0 atom stereocenters. The van der Waals surface area contributed by atoms with E-state index in [4.69, 9.17) is 6.85 Å². The summed E-state index contributed by atoms with van der Waals surface area (Å²) in [6.07, 6.45) is 0.0276. The summed E-state index contributed by atoms with van der Waals surface area (Å²) in [5.41, 5.74) is -0.891. The Morgan fingerprint density at radius 3 is 2.67 bits per heavy atom. The van der Waals surface area contributed by atoms with Gasteiger partial charge in [0, 0.05) is 53.0 Å². The van der Waals surface area contributed by atoms with Gasteiger partial charge in [-0.25, -0.2) is 15.0 Å². The molecule has 3 aromatic heterocycles. The number of hydrogen-bond acceptors (Lipinski definition) is 6. The Hall–Kier alpha value is -5.06. The lowest BCUT2D eigenvalue weighted by Gasteiger charge is -2.14. The van der Waals surface area contributed by atoms with E-state index in [0.717, 1.165) is 10.9 Å². The third-order valence-corrected chi connectivity index (χ3v) is 5.46. The number of imidazole rings is 1. The van der Waals surface area contributed by atoms with Crippen molar-refractivity contribution >= 4 is 23.2 Å². The second kappa shape index (κ2) is 10.4. The van der Waals surface area contributed by atoms with Crippen LogP contribution >= 0.6 is 0 Å². The van der Waals surface area contributed by atoms with E-state index < -0.39 is 47.1 Å². The molecule has 3 heterocycles. The van der Waals surface area contributed by atoms with Crippen LogP contribution in [-0.2, 0) is 6.18 Å². The maximum Gasteiger partial charge on any atom is 0.416 e. The molecule has 8 nitrogen and oxygen atoms in total. The van der Waals surface area contributed by atoms with E-state index in [1.807, 2.05) is 0 Å². The molecule has 0 fully saturated rings. The van der Waals surface area contributed by atoms with Gasteiger partial charge < -0.3 is 15.2 Å². The lowest BCUT2D eigenvalue weighted by Crippen LogP contribution is -2.14. The number of benzene rings is 2. The van der Waals surface area contributed by atoms with Crippen LogP contribution in [-0.4, -0.2) is 30.4 Å². The molecule has 0 spiro atoms. The van der Waals surface area contributed by atoms with E-state index >= 15 is 0 Å². The first-order valence-electron chi connectivity index (χ1n) is 13.9. The molecule has 196 valence electrons. The molecular formula is C28H22F3N7O. The van der Waals surface area contributed by atoms with E-state index in [-0.39, 0.29) is 29.4 Å². The van der Waals surface area contributed by atoms with Crippen LogP contribution in [0.15, 0.2) is 85.6 Å². The number of aryl methyl sites for hydroxylation is 2. The number of amides is 1. The van der Waals surface area contributed by atoms with Gasteiger partial charge in [-0.1, -0.05) is 6.07 Å². The number of anilines is 3. The van der Waals surface area contributed by atoms with Gasteiger partial charge in [0.25, 0.3) is 5.91 Å². The van der Waals surface area contributed by atoms with Crippen molar-refractivity contribution in [3.63, 3.8) is 0 Å². The highest BCUT2D eigenvalue weighted by Gasteiger charge is 2.31. The molecule has 5 aromatic rings. The Balaban J connectivity index is 1.52. The van der Waals surface area contributed by atoms with Crippen molar-refractivity contribution in [3.05, 3.63) is 108 Å². The van der Waals surface area contributed by atoms with Crippen LogP contribution in [0.5, 0.6) is 0 Å². The number of carbonyl (C=O) groups excluding carboxylic acids is 1. The minimum absolute atomic E-state index is 0.0453. The number of aromatic nitrogens is 5. The Labute approximate surface area is 228 Å². The van der Waals surface area contributed by atoms with E-state index in [1.54, 1.807) is 38.2 Å². The standard InChI is InChI=1S/C28H22F3N7O/c1-17-5-6-19(10-25(17)37-27-33-9-7-24(36-27)20-4-3-8-32-14-20)26(39)35-22-11-21(28(29,30)31)12-23(13-22)38-15-18(2)34-16-38/h3-16H,1-2H3,(H,35,39)(H,33,36,37)/i7D,9D,11D,12D,13D. The maximum absolute atomic E-state index is 14.0. The second-order valence-electron chi connectivity index (χ2n) is 8.38. The third-order valence-electron chi connectivity index (χ3n) is 5.46. The first kappa shape index (κ1) is 20.0. The molecule has 0 unspecified atom stereocenters. The maximum atomic E-state index is 14.0. The van der Waals surface area contributed by atoms with Gasteiger partial charge in [0.15, 0.2) is 0 Å². The van der Waals surface area contributed by atoms with E-state index in [9.17, 15) is 18.0 Å². The molecule has 0 saturated carbocycles. The quantitative estimate of drug-likeness (QED) is 0.263. The molecule has 2 aromatic carbocycles. The van der Waals surface area contributed by atoms with E-state index in [1.165, 1.54) is 24.5 Å². The van der Waals surface area contributed by atoms with Crippen LogP contribution in [0.25, 0.3) is 16.9 Å². The van der Waals surface area contributed by atoms with Gasteiger partial charge in [-0.2, -0.15) is 13.2 Å². The molecule has 0 aliphatic heterocycles. The molecule has 39 heavy (non-hydrogen) atoms. The monoisotopic (exact) mass is 534 g/mol. The lowest BCUT2D eigenvalue weighted by molar-refractivity contribution is -0.137. The molecule has 0 aliphatic carbocycles. The number of hydrogen-bond donors (Lipinski definition) is 2. The van der Waals surface area contributed by atoms with Crippen LogP contribution in [0.3, 0.4) is 0 Å². The van der Waals surface area contributed by atoms with Crippen LogP contribution in [0.4, 0.5) is 30.5 Å².